The SMILES string of the molecule is CN(CC1CCOCC1)c1ccc(N)c(N)c1. The monoisotopic (exact) mass is 235 g/mol. The summed E-state index contributed by atoms with van der Waals surface area (Å²) in [6, 6.07) is 5.82. The summed E-state index contributed by atoms with van der Waals surface area (Å²) in [5, 5.41) is 0. The van der Waals surface area contributed by atoms with Crippen molar-refractivity contribution >= 4 is 17.1 Å². The van der Waals surface area contributed by atoms with Gasteiger partial charge in [0.1, 0.15) is 0 Å². The maximum absolute atomic E-state index is 5.82. The lowest BCUT2D eigenvalue weighted by Crippen LogP contribution is -2.29. The van der Waals surface area contributed by atoms with E-state index in [1.807, 2.05) is 18.2 Å². The Hall–Kier alpha value is -1.42. The molecule has 4 heteroatoms. The molecular formula is C13H21N3O. The van der Waals surface area contributed by atoms with Crippen molar-refractivity contribution in [1.82, 2.24) is 0 Å². The summed E-state index contributed by atoms with van der Waals surface area (Å²) in [6.45, 7) is 2.83. The largest absolute Gasteiger partial charge is 0.397 e. The maximum Gasteiger partial charge on any atom is 0.0568 e. The van der Waals surface area contributed by atoms with Gasteiger partial charge in [-0.1, -0.05) is 0 Å². The van der Waals surface area contributed by atoms with Crippen LogP contribution in [0.15, 0.2) is 18.2 Å². The molecule has 2 rings (SSSR count). The number of nitrogens with two attached hydrogens (primary N) is 2. The second-order valence-corrected chi connectivity index (χ2v) is 4.75. The van der Waals surface area contributed by atoms with Crippen LogP contribution in [-0.4, -0.2) is 26.8 Å². The molecule has 0 aromatic heterocycles. The predicted molar refractivity (Wildman–Crippen MR) is 72.1 cm³/mol. The van der Waals surface area contributed by atoms with Gasteiger partial charge in [-0.05, 0) is 37.0 Å². The molecule has 1 saturated heterocycles. The van der Waals surface area contributed by atoms with Gasteiger partial charge < -0.3 is 21.1 Å². The van der Waals surface area contributed by atoms with Crippen LogP contribution in [0.2, 0.25) is 0 Å². The van der Waals surface area contributed by atoms with Gasteiger partial charge in [0.25, 0.3) is 0 Å². The van der Waals surface area contributed by atoms with Crippen molar-refractivity contribution in [3.8, 4) is 0 Å². The first-order valence-electron chi connectivity index (χ1n) is 6.10. The lowest BCUT2D eigenvalue weighted by molar-refractivity contribution is 0.0685. The average molecular weight is 235 g/mol. The van der Waals surface area contributed by atoms with Crippen LogP contribution in [-0.2, 0) is 4.74 Å². The van der Waals surface area contributed by atoms with E-state index in [2.05, 4.69) is 11.9 Å². The van der Waals surface area contributed by atoms with E-state index in [4.69, 9.17) is 16.2 Å². The van der Waals surface area contributed by atoms with Crippen LogP contribution in [0, 0.1) is 5.92 Å². The van der Waals surface area contributed by atoms with Gasteiger partial charge in [0.15, 0.2) is 0 Å². The lowest BCUT2D eigenvalue weighted by Gasteiger charge is -2.28. The van der Waals surface area contributed by atoms with E-state index in [0.717, 1.165) is 38.3 Å². The molecule has 1 heterocycles. The van der Waals surface area contributed by atoms with E-state index in [1.165, 1.54) is 0 Å². The fourth-order valence-electron chi connectivity index (χ4n) is 2.22. The van der Waals surface area contributed by atoms with E-state index in [-0.39, 0.29) is 0 Å². The number of nitrogen functional groups attached to an aromatic ring is 2. The number of ether oxygens (including phenoxy) is 1. The van der Waals surface area contributed by atoms with Crippen molar-refractivity contribution in [2.75, 3.05) is 43.2 Å². The number of nitrogens with zero attached hydrogens (tertiary/aromatic N) is 1. The molecule has 1 aromatic rings. The molecule has 0 radical (unpaired) electrons. The number of hydrogen-bond donors (Lipinski definition) is 2. The molecule has 0 atom stereocenters. The summed E-state index contributed by atoms with van der Waals surface area (Å²) in [5.41, 5.74) is 14.0. The van der Waals surface area contributed by atoms with Gasteiger partial charge in [-0.25, -0.2) is 0 Å². The highest BCUT2D eigenvalue weighted by atomic mass is 16.5. The van der Waals surface area contributed by atoms with Gasteiger partial charge in [0.2, 0.25) is 0 Å². The van der Waals surface area contributed by atoms with E-state index >= 15 is 0 Å². The minimum atomic E-state index is 0.646. The molecule has 0 amide bonds. The van der Waals surface area contributed by atoms with Gasteiger partial charge in [-0.3, -0.25) is 0 Å². The predicted octanol–water partition coefficient (Wildman–Crippen LogP) is 1.71. The Morgan fingerprint density at radius 3 is 2.59 bits per heavy atom. The van der Waals surface area contributed by atoms with E-state index in [0.29, 0.717) is 17.3 Å². The van der Waals surface area contributed by atoms with Crippen LogP contribution in [0.1, 0.15) is 12.8 Å². The van der Waals surface area contributed by atoms with Crippen LogP contribution in [0.5, 0.6) is 0 Å². The summed E-state index contributed by atoms with van der Waals surface area (Å²) >= 11 is 0. The fourth-order valence-corrected chi connectivity index (χ4v) is 2.22. The first-order chi connectivity index (χ1) is 8.16. The molecule has 0 spiro atoms. The molecule has 0 unspecified atom stereocenters. The first kappa shape index (κ1) is 12.0. The Kier molecular flexibility index (Phi) is 3.74. The number of hydrogen-bond acceptors (Lipinski definition) is 4. The van der Waals surface area contributed by atoms with Crippen molar-refractivity contribution in [3.05, 3.63) is 18.2 Å². The molecule has 1 aromatic carbocycles. The van der Waals surface area contributed by atoms with Gasteiger partial charge >= 0.3 is 0 Å². The highest BCUT2D eigenvalue weighted by molar-refractivity contribution is 5.69. The average Bonchev–Trinajstić information content (AvgIpc) is 2.34. The Morgan fingerprint density at radius 1 is 1.24 bits per heavy atom. The quantitative estimate of drug-likeness (QED) is 0.783. The van der Waals surface area contributed by atoms with Crippen LogP contribution in [0.25, 0.3) is 0 Å². The molecule has 1 fully saturated rings. The third kappa shape index (κ3) is 3.03. The standard InChI is InChI=1S/C13H21N3O/c1-16(9-10-4-6-17-7-5-10)11-2-3-12(14)13(15)8-11/h2-3,8,10H,4-7,9,14-15H2,1H3. The number of benzene rings is 1. The smallest absolute Gasteiger partial charge is 0.0568 e. The van der Waals surface area contributed by atoms with Crippen LogP contribution in [0.4, 0.5) is 17.1 Å². The molecule has 0 aliphatic carbocycles. The molecule has 94 valence electrons. The second-order valence-electron chi connectivity index (χ2n) is 4.75. The molecule has 0 saturated carbocycles. The highest BCUT2D eigenvalue weighted by Crippen LogP contribution is 2.24. The van der Waals surface area contributed by atoms with Gasteiger partial charge in [-0.2, -0.15) is 0 Å². The molecule has 0 bridgehead atoms. The normalized spacial score (nSPS) is 17.0. The third-order valence-corrected chi connectivity index (χ3v) is 3.38. The Balaban J connectivity index is 1.98. The summed E-state index contributed by atoms with van der Waals surface area (Å²) < 4.78 is 5.37. The van der Waals surface area contributed by atoms with Crippen LogP contribution in [0.3, 0.4) is 0 Å². The topological polar surface area (TPSA) is 64.5 Å². The molecule has 1 aliphatic rings. The van der Waals surface area contributed by atoms with Gasteiger partial charge in [0, 0.05) is 32.5 Å². The van der Waals surface area contributed by atoms with Crippen molar-refractivity contribution in [2.24, 2.45) is 5.92 Å². The van der Waals surface area contributed by atoms with Crippen molar-refractivity contribution < 1.29 is 4.74 Å². The van der Waals surface area contributed by atoms with Crippen LogP contribution < -0.4 is 16.4 Å². The molecule has 17 heavy (non-hydrogen) atoms. The van der Waals surface area contributed by atoms with Gasteiger partial charge in [0.05, 0.1) is 11.4 Å². The summed E-state index contributed by atoms with van der Waals surface area (Å²) in [7, 11) is 2.10. The zero-order valence-corrected chi connectivity index (χ0v) is 10.4. The second kappa shape index (κ2) is 5.27. The molecule has 4 nitrogen and oxygen atoms in total. The Bertz CT molecular complexity index is 375. The zero-order chi connectivity index (χ0) is 12.3. The fraction of sp³-hybridized carbons (Fsp3) is 0.538. The molecule has 1 aliphatic heterocycles. The molecule has 4 N–H and O–H groups in total. The van der Waals surface area contributed by atoms with Crippen molar-refractivity contribution in [1.29, 1.82) is 0 Å². The van der Waals surface area contributed by atoms with Gasteiger partial charge in [-0.15, -0.1) is 0 Å². The maximum atomic E-state index is 5.82. The van der Waals surface area contributed by atoms with Crippen molar-refractivity contribution in [3.63, 3.8) is 0 Å². The third-order valence-electron chi connectivity index (χ3n) is 3.38. The minimum absolute atomic E-state index is 0.646. The van der Waals surface area contributed by atoms with E-state index < -0.39 is 0 Å². The summed E-state index contributed by atoms with van der Waals surface area (Å²) in [6.07, 6.45) is 2.30. The zero-order valence-electron chi connectivity index (χ0n) is 10.4. The lowest BCUT2D eigenvalue weighted by atomic mass is 9.99. The summed E-state index contributed by atoms with van der Waals surface area (Å²) in [5.74, 6) is 0.715. The number of anilines is 3. The van der Waals surface area contributed by atoms with Crippen molar-refractivity contribution in [2.45, 2.75) is 12.8 Å². The highest BCUT2D eigenvalue weighted by Gasteiger charge is 2.16. The molecular weight excluding hydrogens is 214 g/mol. The van der Waals surface area contributed by atoms with E-state index in [9.17, 15) is 0 Å². The first-order valence-corrected chi connectivity index (χ1v) is 6.10. The van der Waals surface area contributed by atoms with E-state index in [1.54, 1.807) is 0 Å². The Morgan fingerprint density at radius 2 is 1.94 bits per heavy atom. The number of rotatable bonds is 3. The Labute approximate surface area is 103 Å². The minimum Gasteiger partial charge on any atom is -0.397 e. The summed E-state index contributed by atoms with van der Waals surface area (Å²) in [4.78, 5) is 2.24. The van der Waals surface area contributed by atoms with Crippen LogP contribution >= 0.6 is 0 Å².